The molecule has 5 heteroatoms. The summed E-state index contributed by atoms with van der Waals surface area (Å²) in [5, 5.41) is 10.5. The topological polar surface area (TPSA) is 60.2 Å². The lowest BCUT2D eigenvalue weighted by molar-refractivity contribution is -0.385. The number of halogens is 1. The summed E-state index contributed by atoms with van der Waals surface area (Å²) < 4.78 is 0.599. The third-order valence-corrected chi connectivity index (χ3v) is 2.10. The van der Waals surface area contributed by atoms with E-state index in [1.165, 1.54) is 6.07 Å². The Kier molecular flexibility index (Phi) is 2.77. The minimum atomic E-state index is -0.568. The normalized spacial score (nSPS) is 9.69. The number of carbonyl (C=O) groups is 1. The van der Waals surface area contributed by atoms with Crippen LogP contribution >= 0.6 is 15.9 Å². The van der Waals surface area contributed by atoms with Gasteiger partial charge < -0.3 is 0 Å². The van der Waals surface area contributed by atoms with E-state index in [-0.39, 0.29) is 11.3 Å². The average molecular weight is 244 g/mol. The lowest BCUT2D eigenvalue weighted by Gasteiger charge is -2.00. The minimum absolute atomic E-state index is 0.133. The summed E-state index contributed by atoms with van der Waals surface area (Å²) in [6.07, 6.45) is 0.500. The first-order chi connectivity index (χ1) is 6.06. The molecule has 0 bridgehead atoms. The first-order valence-electron chi connectivity index (χ1n) is 3.46. The molecule has 0 spiro atoms. The molecule has 1 rings (SSSR count). The highest BCUT2D eigenvalue weighted by molar-refractivity contribution is 9.10. The fourth-order valence-corrected chi connectivity index (χ4v) is 1.60. The van der Waals surface area contributed by atoms with Crippen molar-refractivity contribution in [3.8, 4) is 0 Å². The van der Waals surface area contributed by atoms with Crippen LogP contribution < -0.4 is 0 Å². The summed E-state index contributed by atoms with van der Waals surface area (Å²) in [5.74, 6) is 0. The number of nitrogens with zero attached hydrogens (tertiary/aromatic N) is 1. The Morgan fingerprint density at radius 2 is 2.15 bits per heavy atom. The van der Waals surface area contributed by atoms with Crippen LogP contribution in [0.25, 0.3) is 0 Å². The van der Waals surface area contributed by atoms with Crippen molar-refractivity contribution in [2.45, 2.75) is 6.92 Å². The van der Waals surface area contributed by atoms with Gasteiger partial charge in [-0.2, -0.15) is 0 Å². The van der Waals surface area contributed by atoms with Crippen molar-refractivity contribution in [1.29, 1.82) is 0 Å². The molecule has 0 saturated heterocycles. The Morgan fingerprint density at radius 1 is 1.54 bits per heavy atom. The van der Waals surface area contributed by atoms with Crippen molar-refractivity contribution in [1.82, 2.24) is 0 Å². The number of nitro benzene ring substituents is 1. The highest BCUT2D eigenvalue weighted by atomic mass is 79.9. The number of carbonyl (C=O) groups excluding carboxylic acids is 1. The molecule has 0 N–H and O–H groups in total. The molecule has 0 heterocycles. The van der Waals surface area contributed by atoms with Crippen molar-refractivity contribution < 1.29 is 9.72 Å². The Morgan fingerprint density at radius 3 is 2.62 bits per heavy atom. The molecule has 1 aromatic rings. The zero-order valence-corrected chi connectivity index (χ0v) is 8.37. The van der Waals surface area contributed by atoms with Gasteiger partial charge in [0.15, 0.2) is 6.29 Å². The third-order valence-electron chi connectivity index (χ3n) is 1.64. The molecular formula is C8H6BrNO3. The van der Waals surface area contributed by atoms with Crippen LogP contribution in [-0.4, -0.2) is 11.2 Å². The number of benzene rings is 1. The predicted molar refractivity (Wildman–Crippen MR) is 50.9 cm³/mol. The molecule has 0 aliphatic heterocycles. The lowest BCUT2D eigenvalue weighted by atomic mass is 10.1. The number of nitro groups is 1. The number of aryl methyl sites for hydroxylation is 1. The standard InChI is InChI=1S/C8H6BrNO3/c1-5-2-6(9)3-8(10(12)13)7(5)4-11/h2-4H,1H3. The molecule has 0 aliphatic carbocycles. The maximum Gasteiger partial charge on any atom is 0.281 e. The Bertz CT molecular complexity index is 376. The molecule has 13 heavy (non-hydrogen) atoms. The molecule has 4 nitrogen and oxygen atoms in total. The van der Waals surface area contributed by atoms with Gasteiger partial charge in [-0.1, -0.05) is 15.9 Å². The van der Waals surface area contributed by atoms with Crippen molar-refractivity contribution in [3.05, 3.63) is 37.8 Å². The van der Waals surface area contributed by atoms with Gasteiger partial charge >= 0.3 is 0 Å². The highest BCUT2D eigenvalue weighted by Gasteiger charge is 2.15. The zero-order chi connectivity index (χ0) is 10.0. The predicted octanol–water partition coefficient (Wildman–Crippen LogP) is 2.48. The molecule has 0 saturated carbocycles. The molecule has 0 radical (unpaired) electrons. The van der Waals surface area contributed by atoms with Crippen LogP contribution in [0.5, 0.6) is 0 Å². The summed E-state index contributed by atoms with van der Waals surface area (Å²) in [7, 11) is 0. The number of aldehydes is 1. The lowest BCUT2D eigenvalue weighted by Crippen LogP contribution is -1.96. The summed E-state index contributed by atoms with van der Waals surface area (Å²) in [6, 6.07) is 2.98. The monoisotopic (exact) mass is 243 g/mol. The minimum Gasteiger partial charge on any atom is -0.298 e. The van der Waals surface area contributed by atoms with Crippen molar-refractivity contribution in [3.63, 3.8) is 0 Å². The smallest absolute Gasteiger partial charge is 0.281 e. The summed E-state index contributed by atoms with van der Waals surface area (Å²) in [5.41, 5.74) is 0.561. The van der Waals surface area contributed by atoms with Crippen LogP contribution in [-0.2, 0) is 0 Å². The first-order valence-corrected chi connectivity index (χ1v) is 4.25. The quantitative estimate of drug-likeness (QED) is 0.456. The second-order valence-corrected chi connectivity index (χ2v) is 3.45. The summed E-state index contributed by atoms with van der Waals surface area (Å²) in [4.78, 5) is 20.5. The van der Waals surface area contributed by atoms with E-state index in [9.17, 15) is 14.9 Å². The molecule has 0 atom stereocenters. The molecule has 68 valence electrons. The van der Waals surface area contributed by atoms with E-state index in [0.29, 0.717) is 16.3 Å². The van der Waals surface area contributed by atoms with Gasteiger partial charge in [-0.3, -0.25) is 14.9 Å². The van der Waals surface area contributed by atoms with Gasteiger partial charge in [0.2, 0.25) is 0 Å². The second kappa shape index (κ2) is 3.66. The van der Waals surface area contributed by atoms with E-state index in [0.717, 1.165) is 0 Å². The second-order valence-electron chi connectivity index (χ2n) is 2.53. The number of rotatable bonds is 2. The van der Waals surface area contributed by atoms with Crippen LogP contribution in [0.15, 0.2) is 16.6 Å². The number of hydrogen-bond donors (Lipinski definition) is 0. The molecule has 0 fully saturated rings. The van der Waals surface area contributed by atoms with Crippen LogP contribution in [0, 0.1) is 17.0 Å². The van der Waals surface area contributed by atoms with Gasteiger partial charge in [0.1, 0.15) is 0 Å². The average Bonchev–Trinajstić information content (AvgIpc) is 2.02. The van der Waals surface area contributed by atoms with Crippen LogP contribution in [0.4, 0.5) is 5.69 Å². The van der Waals surface area contributed by atoms with Gasteiger partial charge in [0.05, 0.1) is 10.5 Å². The van der Waals surface area contributed by atoms with Crippen molar-refractivity contribution >= 4 is 27.9 Å². The van der Waals surface area contributed by atoms with E-state index in [1.54, 1.807) is 13.0 Å². The molecule has 0 aromatic heterocycles. The zero-order valence-electron chi connectivity index (χ0n) is 6.78. The van der Waals surface area contributed by atoms with E-state index < -0.39 is 4.92 Å². The largest absolute Gasteiger partial charge is 0.298 e. The van der Waals surface area contributed by atoms with Crippen LogP contribution in [0.1, 0.15) is 15.9 Å². The van der Waals surface area contributed by atoms with E-state index >= 15 is 0 Å². The number of hydrogen-bond acceptors (Lipinski definition) is 3. The van der Waals surface area contributed by atoms with E-state index in [1.807, 2.05) is 0 Å². The molecule has 0 amide bonds. The van der Waals surface area contributed by atoms with Crippen molar-refractivity contribution in [2.75, 3.05) is 0 Å². The third kappa shape index (κ3) is 1.92. The summed E-state index contributed by atoms with van der Waals surface area (Å²) in [6.45, 7) is 1.65. The Labute approximate surface area is 82.8 Å². The van der Waals surface area contributed by atoms with E-state index in [4.69, 9.17) is 0 Å². The van der Waals surface area contributed by atoms with E-state index in [2.05, 4.69) is 15.9 Å². The highest BCUT2D eigenvalue weighted by Crippen LogP contribution is 2.25. The molecule has 0 aliphatic rings. The van der Waals surface area contributed by atoms with Crippen molar-refractivity contribution in [2.24, 2.45) is 0 Å². The molecular weight excluding hydrogens is 238 g/mol. The Balaban J connectivity index is 3.46. The van der Waals surface area contributed by atoms with Gasteiger partial charge in [0, 0.05) is 10.5 Å². The van der Waals surface area contributed by atoms with Crippen LogP contribution in [0.2, 0.25) is 0 Å². The first kappa shape index (κ1) is 9.85. The van der Waals surface area contributed by atoms with Gasteiger partial charge in [0.25, 0.3) is 5.69 Å². The molecule has 1 aromatic carbocycles. The fraction of sp³-hybridized carbons (Fsp3) is 0.125. The summed E-state index contributed by atoms with van der Waals surface area (Å²) >= 11 is 3.12. The Hall–Kier alpha value is -1.23. The SMILES string of the molecule is Cc1cc(Br)cc([N+](=O)[O-])c1C=O. The van der Waals surface area contributed by atoms with Gasteiger partial charge in [-0.15, -0.1) is 0 Å². The maximum absolute atomic E-state index is 10.5. The van der Waals surface area contributed by atoms with Gasteiger partial charge in [-0.05, 0) is 18.6 Å². The fourth-order valence-electron chi connectivity index (χ4n) is 1.04. The van der Waals surface area contributed by atoms with Gasteiger partial charge in [-0.25, -0.2) is 0 Å². The maximum atomic E-state index is 10.5. The molecule has 0 unspecified atom stereocenters. The van der Waals surface area contributed by atoms with Crippen LogP contribution in [0.3, 0.4) is 0 Å².